The van der Waals surface area contributed by atoms with Crippen LogP contribution in [0, 0.1) is 13.8 Å². The van der Waals surface area contributed by atoms with Gasteiger partial charge in [-0.25, -0.2) is 4.90 Å². The lowest BCUT2D eigenvalue weighted by atomic mass is 9.71. The van der Waals surface area contributed by atoms with Crippen molar-refractivity contribution in [1.82, 2.24) is 4.90 Å². The maximum atomic E-state index is 15.1. The summed E-state index contributed by atoms with van der Waals surface area (Å²) in [7, 11) is 0. The number of nitrogens with zero attached hydrogens (tertiary/aromatic N) is 2. The number of carbonyl (C=O) groups excluding carboxylic acids is 4. The van der Waals surface area contributed by atoms with Gasteiger partial charge in [0, 0.05) is 6.04 Å². The second kappa shape index (κ2) is 11.4. The first kappa shape index (κ1) is 33.6. The molecule has 49 heavy (non-hydrogen) atoms. The van der Waals surface area contributed by atoms with E-state index in [1.165, 1.54) is 19.1 Å². The molecular formula is C37H28F6N2O4. The second-order valence-electron chi connectivity index (χ2n) is 12.4. The maximum Gasteiger partial charge on any atom is 0.411 e. The molecule has 0 fully saturated rings. The Kier molecular flexibility index (Phi) is 7.84. The Balaban J connectivity index is 1.48. The minimum atomic E-state index is -6.05. The first-order valence-corrected chi connectivity index (χ1v) is 15.3. The molecule has 2 heterocycles. The lowest BCUT2D eigenvalue weighted by Gasteiger charge is -2.38. The number of carbonyl (C=O) groups is 4. The number of alkyl halides is 6. The van der Waals surface area contributed by atoms with Crippen molar-refractivity contribution in [2.45, 2.75) is 57.9 Å². The van der Waals surface area contributed by atoms with Crippen LogP contribution < -0.4 is 4.90 Å². The van der Waals surface area contributed by atoms with Crippen LogP contribution in [-0.2, 0) is 5.41 Å². The Morgan fingerprint density at radius 3 is 1.61 bits per heavy atom. The van der Waals surface area contributed by atoms with Crippen LogP contribution in [-0.4, -0.2) is 46.9 Å². The van der Waals surface area contributed by atoms with Crippen LogP contribution in [0.15, 0.2) is 78.9 Å². The van der Waals surface area contributed by atoms with Crippen LogP contribution in [0.3, 0.4) is 0 Å². The van der Waals surface area contributed by atoms with E-state index < -0.39 is 69.7 Å². The third-order valence-corrected chi connectivity index (χ3v) is 9.21. The number of hydrogen-bond acceptors (Lipinski definition) is 4. The highest BCUT2D eigenvalue weighted by atomic mass is 19.4. The van der Waals surface area contributed by atoms with Crippen molar-refractivity contribution in [2.24, 2.45) is 0 Å². The number of hydrogen-bond donors (Lipinski definition) is 0. The predicted octanol–water partition coefficient (Wildman–Crippen LogP) is 8.58. The summed E-state index contributed by atoms with van der Waals surface area (Å²) in [6, 6.07) is 14.9. The van der Waals surface area contributed by atoms with Crippen molar-refractivity contribution in [2.75, 3.05) is 4.90 Å². The average Bonchev–Trinajstić information content (AvgIpc) is 3.42. The van der Waals surface area contributed by atoms with Gasteiger partial charge in [0.1, 0.15) is 0 Å². The van der Waals surface area contributed by atoms with Crippen LogP contribution in [0.1, 0.15) is 84.0 Å². The first-order chi connectivity index (χ1) is 22.9. The summed E-state index contributed by atoms with van der Waals surface area (Å²) in [4.78, 5) is 54.7. The molecule has 0 spiro atoms. The molecule has 2 aliphatic rings. The Morgan fingerprint density at radius 1 is 0.592 bits per heavy atom. The van der Waals surface area contributed by atoms with Gasteiger partial charge in [-0.3, -0.25) is 24.1 Å². The molecule has 1 atom stereocenters. The fourth-order valence-corrected chi connectivity index (χ4v) is 6.73. The van der Waals surface area contributed by atoms with Gasteiger partial charge >= 0.3 is 12.4 Å². The van der Waals surface area contributed by atoms with Crippen molar-refractivity contribution >= 4 is 29.3 Å². The normalized spacial score (nSPS) is 15.6. The van der Waals surface area contributed by atoms with Gasteiger partial charge in [0.05, 0.1) is 27.9 Å². The average molecular weight is 679 g/mol. The molecular weight excluding hydrogens is 650 g/mol. The topological polar surface area (TPSA) is 74.8 Å². The van der Waals surface area contributed by atoms with E-state index in [2.05, 4.69) is 0 Å². The Morgan fingerprint density at radius 2 is 1.08 bits per heavy atom. The van der Waals surface area contributed by atoms with Gasteiger partial charge in [-0.1, -0.05) is 60.5 Å². The molecule has 2 aliphatic heterocycles. The molecule has 252 valence electrons. The van der Waals surface area contributed by atoms with Gasteiger partial charge in [-0.2, -0.15) is 26.3 Å². The van der Waals surface area contributed by atoms with Gasteiger partial charge in [0.2, 0.25) is 5.41 Å². The lowest BCUT2D eigenvalue weighted by molar-refractivity contribution is -0.288. The number of rotatable bonds is 6. The summed E-state index contributed by atoms with van der Waals surface area (Å²) >= 11 is 0. The van der Waals surface area contributed by atoms with Gasteiger partial charge in [-0.15, -0.1) is 0 Å². The zero-order valence-corrected chi connectivity index (χ0v) is 26.6. The summed E-state index contributed by atoms with van der Waals surface area (Å²) < 4.78 is 90.7. The van der Waals surface area contributed by atoms with E-state index in [1.54, 1.807) is 19.1 Å². The monoisotopic (exact) mass is 678 g/mol. The molecule has 6 rings (SSSR count). The summed E-state index contributed by atoms with van der Waals surface area (Å²) in [5, 5.41) is 0. The summed E-state index contributed by atoms with van der Waals surface area (Å²) in [6.45, 7) is 6.99. The number of anilines is 1. The van der Waals surface area contributed by atoms with E-state index in [9.17, 15) is 19.2 Å². The predicted molar refractivity (Wildman–Crippen MR) is 169 cm³/mol. The van der Waals surface area contributed by atoms with Crippen LogP contribution in [0.5, 0.6) is 0 Å². The molecule has 0 saturated heterocycles. The fourth-order valence-electron chi connectivity index (χ4n) is 6.73. The number of benzene rings is 4. The Hall–Kier alpha value is -5.26. The number of halogens is 6. The van der Waals surface area contributed by atoms with Gasteiger partial charge in [-0.05, 0) is 85.8 Å². The summed E-state index contributed by atoms with van der Waals surface area (Å²) in [5.74, 6) is -3.85. The largest absolute Gasteiger partial charge is 0.411 e. The highest BCUT2D eigenvalue weighted by Gasteiger charge is 2.73. The third kappa shape index (κ3) is 5.03. The van der Waals surface area contributed by atoms with Crippen LogP contribution in [0.2, 0.25) is 0 Å². The van der Waals surface area contributed by atoms with E-state index in [-0.39, 0.29) is 16.8 Å². The van der Waals surface area contributed by atoms with E-state index in [0.717, 1.165) is 33.7 Å². The molecule has 0 bridgehead atoms. The zero-order chi connectivity index (χ0) is 35.8. The maximum absolute atomic E-state index is 15.1. The molecule has 4 aromatic rings. The van der Waals surface area contributed by atoms with Crippen LogP contribution in [0.25, 0.3) is 11.1 Å². The number of aryl methyl sites for hydroxylation is 2. The van der Waals surface area contributed by atoms with Crippen molar-refractivity contribution in [3.8, 4) is 11.1 Å². The Labute approximate surface area is 276 Å². The summed E-state index contributed by atoms with van der Waals surface area (Å²) in [6.07, 6.45) is -11.8. The van der Waals surface area contributed by atoms with Gasteiger partial charge < -0.3 is 0 Å². The number of imide groups is 2. The van der Waals surface area contributed by atoms with Crippen LogP contribution in [0.4, 0.5) is 32.0 Å². The molecule has 0 radical (unpaired) electrons. The molecule has 4 aromatic carbocycles. The van der Waals surface area contributed by atoms with Crippen LogP contribution >= 0.6 is 0 Å². The number of amides is 4. The second-order valence-corrected chi connectivity index (χ2v) is 12.4. The summed E-state index contributed by atoms with van der Waals surface area (Å²) in [5.41, 5.74) is -6.02. The molecule has 0 aromatic heterocycles. The van der Waals surface area contributed by atoms with E-state index >= 15 is 26.3 Å². The van der Waals surface area contributed by atoms with Gasteiger partial charge in [0.25, 0.3) is 23.6 Å². The molecule has 0 aliphatic carbocycles. The smallest absolute Gasteiger partial charge is 0.272 e. The Bertz CT molecular complexity index is 2050. The van der Waals surface area contributed by atoms with Gasteiger partial charge in [0.15, 0.2) is 0 Å². The SMILES string of the molecule is CCC(C)N1C(=O)c2ccc(C(c3ccc4c(c3)C(=O)N(c3cccc(-c5cc(C)cc(C)c5)c3)C4=O)(C(F)(F)F)C(F)(F)F)cc2C1=O. The minimum Gasteiger partial charge on any atom is -0.272 e. The highest BCUT2D eigenvalue weighted by Crippen LogP contribution is 2.57. The molecule has 4 amide bonds. The quantitative estimate of drug-likeness (QED) is 0.151. The first-order valence-electron chi connectivity index (χ1n) is 15.3. The van der Waals surface area contributed by atoms with Crippen molar-refractivity contribution in [1.29, 1.82) is 0 Å². The number of fused-ring (bicyclic) bond motifs is 2. The van der Waals surface area contributed by atoms with Crippen molar-refractivity contribution < 1.29 is 45.5 Å². The third-order valence-electron chi connectivity index (χ3n) is 9.21. The molecule has 1 unspecified atom stereocenters. The van der Waals surface area contributed by atoms with Crippen molar-refractivity contribution in [3.63, 3.8) is 0 Å². The molecule has 6 nitrogen and oxygen atoms in total. The standard InChI is InChI=1S/C37H28F6N2O4/c1-5-21(4)44-31(46)27-11-9-24(17-29(27)33(44)48)35(36(38,39)40,37(41,42)43)25-10-12-28-30(18-25)34(49)45(32(28)47)26-8-6-7-22(16-26)23-14-19(2)13-20(3)15-23/h6-18,21H,5H2,1-4H3. The zero-order valence-electron chi connectivity index (χ0n) is 26.6. The molecule has 12 heteroatoms. The van der Waals surface area contributed by atoms with Crippen molar-refractivity contribution in [3.05, 3.63) is 123 Å². The molecule has 0 saturated carbocycles. The van der Waals surface area contributed by atoms with E-state index in [0.29, 0.717) is 41.1 Å². The molecule has 0 N–H and O–H groups in total. The highest BCUT2D eigenvalue weighted by molar-refractivity contribution is 6.34. The van der Waals surface area contributed by atoms with E-state index in [1.807, 2.05) is 32.0 Å². The fraction of sp³-hybridized carbons (Fsp3) is 0.243. The minimum absolute atomic E-state index is 0.0787. The van der Waals surface area contributed by atoms with E-state index in [4.69, 9.17) is 0 Å². The lowest BCUT2D eigenvalue weighted by Crippen LogP contribution is -2.55.